The Balaban J connectivity index is 0.00000192. The van der Waals surface area contributed by atoms with Crippen LogP contribution in [0.5, 0.6) is 0 Å². The van der Waals surface area contributed by atoms with Gasteiger partial charge in [0.2, 0.25) is 5.13 Å². The molecule has 2 aromatic heterocycles. The van der Waals surface area contributed by atoms with Crippen molar-refractivity contribution in [2.45, 2.75) is 13.8 Å². The third-order valence-electron chi connectivity index (χ3n) is 3.22. The molecule has 0 saturated heterocycles. The summed E-state index contributed by atoms with van der Waals surface area (Å²) in [5.74, 6) is 0. The summed E-state index contributed by atoms with van der Waals surface area (Å²) in [6, 6.07) is 14.1. The molecule has 1 N–H and O–H groups in total. The van der Waals surface area contributed by atoms with Crippen molar-refractivity contribution in [2.24, 2.45) is 5.10 Å². The first kappa shape index (κ1) is 17.3. The van der Waals surface area contributed by atoms with E-state index in [2.05, 4.69) is 20.5 Å². The molecule has 2 heterocycles. The molecule has 0 amide bonds. The number of anilines is 1. The third kappa shape index (κ3) is 4.46. The van der Waals surface area contributed by atoms with Crippen LogP contribution >= 0.6 is 28.3 Å². The first-order chi connectivity index (χ1) is 10.7. The van der Waals surface area contributed by atoms with Crippen molar-refractivity contribution in [3.05, 3.63) is 65.3 Å². The minimum absolute atomic E-state index is 0. The predicted molar refractivity (Wildman–Crippen MR) is 103 cm³/mol. The Morgan fingerprint density at radius 3 is 2.61 bits per heavy atom. The van der Waals surface area contributed by atoms with E-state index < -0.39 is 0 Å². The zero-order valence-corrected chi connectivity index (χ0v) is 15.4. The molecule has 23 heavy (non-hydrogen) atoms. The molecule has 0 atom stereocenters. The maximum Gasteiger partial charge on any atom is 0.203 e. The molecule has 6 heteroatoms. The van der Waals surface area contributed by atoms with Gasteiger partial charge in [-0.2, -0.15) is 5.10 Å². The highest BCUT2D eigenvalue weighted by atomic mass is 79.9. The SMILES string of the molecule is Br.CC(=NNc1nc(-c2ccccc2)cs1)c1ccc(C)nc1. The molecule has 0 aliphatic heterocycles. The quantitative estimate of drug-likeness (QED) is 0.509. The summed E-state index contributed by atoms with van der Waals surface area (Å²) in [5, 5.41) is 7.18. The van der Waals surface area contributed by atoms with Crippen molar-refractivity contribution < 1.29 is 0 Å². The van der Waals surface area contributed by atoms with Crippen LogP contribution in [0.15, 0.2) is 59.1 Å². The van der Waals surface area contributed by atoms with Crippen LogP contribution in [0.4, 0.5) is 5.13 Å². The standard InChI is InChI=1S/C17H16N4S.BrH/c1-12-8-9-15(10-18-12)13(2)20-21-17-19-16(11-22-17)14-6-4-3-5-7-14;/h3-11H,1-2H3,(H,19,21);1H. The molecule has 0 aliphatic carbocycles. The highest BCUT2D eigenvalue weighted by molar-refractivity contribution is 8.93. The Hall–Kier alpha value is -2.05. The number of rotatable bonds is 4. The molecule has 0 radical (unpaired) electrons. The van der Waals surface area contributed by atoms with Gasteiger partial charge in [-0.3, -0.25) is 10.4 Å². The Kier molecular flexibility index (Phi) is 6.01. The second kappa shape index (κ2) is 7.99. The van der Waals surface area contributed by atoms with Crippen LogP contribution in [0.25, 0.3) is 11.3 Å². The summed E-state index contributed by atoms with van der Waals surface area (Å²) in [5.41, 5.74) is 7.95. The number of hydrazone groups is 1. The molecule has 3 rings (SSSR count). The number of hydrogen-bond donors (Lipinski definition) is 1. The second-order valence-electron chi connectivity index (χ2n) is 4.90. The van der Waals surface area contributed by atoms with Gasteiger partial charge in [0, 0.05) is 28.4 Å². The monoisotopic (exact) mass is 388 g/mol. The van der Waals surface area contributed by atoms with Gasteiger partial charge in [-0.1, -0.05) is 30.3 Å². The van der Waals surface area contributed by atoms with Crippen molar-refractivity contribution in [1.82, 2.24) is 9.97 Å². The van der Waals surface area contributed by atoms with Crippen molar-refractivity contribution in [1.29, 1.82) is 0 Å². The fraction of sp³-hybridized carbons (Fsp3) is 0.118. The summed E-state index contributed by atoms with van der Waals surface area (Å²) in [7, 11) is 0. The second-order valence-corrected chi connectivity index (χ2v) is 5.76. The zero-order valence-electron chi connectivity index (χ0n) is 12.9. The van der Waals surface area contributed by atoms with Gasteiger partial charge in [0.1, 0.15) is 0 Å². The van der Waals surface area contributed by atoms with Crippen LogP contribution < -0.4 is 5.43 Å². The lowest BCUT2D eigenvalue weighted by atomic mass is 10.2. The van der Waals surface area contributed by atoms with E-state index in [-0.39, 0.29) is 17.0 Å². The molecule has 0 aliphatic rings. The summed E-state index contributed by atoms with van der Waals surface area (Å²) in [6.45, 7) is 3.92. The van der Waals surface area contributed by atoms with Gasteiger partial charge >= 0.3 is 0 Å². The first-order valence-electron chi connectivity index (χ1n) is 6.96. The van der Waals surface area contributed by atoms with Crippen LogP contribution in [0, 0.1) is 6.92 Å². The van der Waals surface area contributed by atoms with Gasteiger partial charge in [0.05, 0.1) is 11.4 Å². The van der Waals surface area contributed by atoms with Crippen LogP contribution in [0.2, 0.25) is 0 Å². The van der Waals surface area contributed by atoms with E-state index in [0.29, 0.717) is 0 Å². The van der Waals surface area contributed by atoms with E-state index in [1.165, 1.54) is 11.3 Å². The van der Waals surface area contributed by atoms with Crippen LogP contribution in [-0.2, 0) is 0 Å². The number of halogens is 1. The van der Waals surface area contributed by atoms with E-state index in [9.17, 15) is 0 Å². The normalized spacial score (nSPS) is 11.0. The molecular weight excluding hydrogens is 372 g/mol. The van der Waals surface area contributed by atoms with Gasteiger partial charge in [-0.05, 0) is 26.0 Å². The number of aromatic nitrogens is 2. The Morgan fingerprint density at radius 2 is 1.91 bits per heavy atom. The van der Waals surface area contributed by atoms with Crippen LogP contribution in [-0.4, -0.2) is 15.7 Å². The van der Waals surface area contributed by atoms with E-state index in [1.807, 2.05) is 67.9 Å². The van der Waals surface area contributed by atoms with Crippen molar-refractivity contribution in [3.63, 3.8) is 0 Å². The fourth-order valence-electron chi connectivity index (χ4n) is 1.94. The molecule has 3 aromatic rings. The average molecular weight is 389 g/mol. The lowest BCUT2D eigenvalue weighted by molar-refractivity contribution is 1.19. The number of aryl methyl sites for hydroxylation is 1. The van der Waals surface area contributed by atoms with Gasteiger partial charge in [0.25, 0.3) is 0 Å². The molecule has 0 spiro atoms. The highest BCUT2D eigenvalue weighted by Crippen LogP contribution is 2.24. The molecule has 0 unspecified atom stereocenters. The lowest BCUT2D eigenvalue weighted by Crippen LogP contribution is -2.00. The lowest BCUT2D eigenvalue weighted by Gasteiger charge is -2.01. The van der Waals surface area contributed by atoms with Crippen molar-refractivity contribution >= 4 is 39.2 Å². The maximum atomic E-state index is 4.54. The van der Waals surface area contributed by atoms with Crippen molar-refractivity contribution in [2.75, 3.05) is 5.43 Å². The highest BCUT2D eigenvalue weighted by Gasteiger charge is 2.04. The summed E-state index contributed by atoms with van der Waals surface area (Å²) in [6.07, 6.45) is 1.83. The predicted octanol–water partition coefficient (Wildman–Crippen LogP) is 4.93. The summed E-state index contributed by atoms with van der Waals surface area (Å²) in [4.78, 5) is 8.82. The van der Waals surface area contributed by atoms with E-state index in [1.54, 1.807) is 0 Å². The molecule has 4 nitrogen and oxygen atoms in total. The molecule has 0 fully saturated rings. The Bertz CT molecular complexity index is 782. The number of nitrogens with zero attached hydrogens (tertiary/aromatic N) is 3. The molecule has 0 bridgehead atoms. The largest absolute Gasteiger partial charge is 0.261 e. The van der Waals surface area contributed by atoms with Crippen LogP contribution in [0.3, 0.4) is 0 Å². The van der Waals surface area contributed by atoms with E-state index >= 15 is 0 Å². The number of benzene rings is 1. The van der Waals surface area contributed by atoms with Crippen LogP contribution in [0.1, 0.15) is 18.2 Å². The first-order valence-corrected chi connectivity index (χ1v) is 7.84. The number of thiazole rings is 1. The summed E-state index contributed by atoms with van der Waals surface area (Å²) >= 11 is 1.54. The molecule has 118 valence electrons. The van der Waals surface area contributed by atoms with E-state index in [4.69, 9.17) is 0 Å². The van der Waals surface area contributed by atoms with Gasteiger partial charge in [0.15, 0.2) is 0 Å². The van der Waals surface area contributed by atoms with E-state index in [0.717, 1.165) is 33.4 Å². The zero-order chi connectivity index (χ0) is 15.4. The fourth-order valence-corrected chi connectivity index (χ4v) is 2.61. The summed E-state index contributed by atoms with van der Waals surface area (Å²) < 4.78 is 0. The van der Waals surface area contributed by atoms with Crippen molar-refractivity contribution in [3.8, 4) is 11.3 Å². The Morgan fingerprint density at radius 1 is 1.13 bits per heavy atom. The topological polar surface area (TPSA) is 50.2 Å². The average Bonchev–Trinajstić information content (AvgIpc) is 3.03. The third-order valence-corrected chi connectivity index (χ3v) is 3.97. The maximum absolute atomic E-state index is 4.54. The minimum atomic E-state index is 0. The molecule has 0 saturated carbocycles. The van der Waals surface area contributed by atoms with Gasteiger partial charge < -0.3 is 0 Å². The minimum Gasteiger partial charge on any atom is -0.261 e. The smallest absolute Gasteiger partial charge is 0.203 e. The van der Waals surface area contributed by atoms with Gasteiger partial charge in [-0.25, -0.2) is 4.98 Å². The molecule has 1 aromatic carbocycles. The molecular formula is C17H17BrN4S. The van der Waals surface area contributed by atoms with Gasteiger partial charge in [-0.15, -0.1) is 28.3 Å². The number of hydrogen-bond acceptors (Lipinski definition) is 5. The Labute approximate surface area is 150 Å². The number of pyridine rings is 1. The number of nitrogens with one attached hydrogen (secondary N) is 1.